The van der Waals surface area contributed by atoms with Crippen molar-refractivity contribution in [2.45, 2.75) is 76.2 Å². The lowest BCUT2D eigenvalue weighted by atomic mass is 9.87. The molecule has 3 heteroatoms. The molecule has 0 saturated heterocycles. The minimum absolute atomic E-state index is 0.616. The maximum absolute atomic E-state index is 9.72. The van der Waals surface area contributed by atoms with Crippen LogP contribution < -0.4 is 0 Å². The molecule has 0 unspecified atom stereocenters. The Morgan fingerprint density at radius 3 is 1.77 bits per heavy atom. The first-order valence-electron chi connectivity index (χ1n) is 8.74. The van der Waals surface area contributed by atoms with Gasteiger partial charge in [-0.2, -0.15) is 15.5 Å². The van der Waals surface area contributed by atoms with Crippen LogP contribution in [-0.2, 0) is 0 Å². The van der Waals surface area contributed by atoms with Gasteiger partial charge >= 0.3 is 0 Å². The summed E-state index contributed by atoms with van der Waals surface area (Å²) < 4.78 is 0. The molecule has 2 rings (SSSR count). The van der Waals surface area contributed by atoms with Gasteiger partial charge in [-0.05, 0) is 37.8 Å². The molecule has 1 aliphatic carbocycles. The molecule has 22 heavy (non-hydrogen) atoms. The molecule has 1 fully saturated rings. The summed E-state index contributed by atoms with van der Waals surface area (Å²) in [5.74, 6) is 0. The Morgan fingerprint density at radius 2 is 1.27 bits per heavy atom. The Kier molecular flexibility index (Phi) is 7.09. The summed E-state index contributed by atoms with van der Waals surface area (Å²) >= 11 is 0. The largest absolute Gasteiger partial charge is 0.196 e. The third kappa shape index (κ3) is 5.60. The highest BCUT2D eigenvalue weighted by atomic mass is 15.1. The van der Waals surface area contributed by atoms with E-state index < -0.39 is 5.54 Å². The predicted molar refractivity (Wildman–Crippen MR) is 90.1 cm³/mol. The summed E-state index contributed by atoms with van der Waals surface area (Å²) in [6.45, 7) is 0. The highest BCUT2D eigenvalue weighted by molar-refractivity contribution is 5.35. The minimum Gasteiger partial charge on any atom is -0.196 e. The molecular weight excluding hydrogens is 270 g/mol. The van der Waals surface area contributed by atoms with E-state index in [9.17, 15) is 5.26 Å². The van der Waals surface area contributed by atoms with E-state index in [-0.39, 0.29) is 0 Å². The summed E-state index contributed by atoms with van der Waals surface area (Å²) in [5, 5.41) is 18.6. The second kappa shape index (κ2) is 9.35. The fraction of sp³-hybridized carbons (Fsp3) is 0.632. The average molecular weight is 297 g/mol. The number of benzene rings is 1. The molecule has 0 atom stereocenters. The standard InChI is InChI=1S/C19H27N3/c20-17-19(22-21-18-13-9-8-10-14-18)15-11-6-4-2-1-3-5-7-12-16-19/h8-10,13-14H,1-7,11-12,15-16H2/b22-21+. The fourth-order valence-corrected chi connectivity index (χ4v) is 3.08. The molecule has 1 aliphatic rings. The van der Waals surface area contributed by atoms with E-state index in [1.165, 1.54) is 44.9 Å². The van der Waals surface area contributed by atoms with Crippen LogP contribution in [0.2, 0.25) is 0 Å². The third-order valence-electron chi connectivity index (χ3n) is 4.50. The quantitative estimate of drug-likeness (QED) is 0.588. The Morgan fingerprint density at radius 1 is 0.773 bits per heavy atom. The Labute approximate surface area is 134 Å². The van der Waals surface area contributed by atoms with Crippen molar-refractivity contribution in [1.29, 1.82) is 5.26 Å². The number of hydrogen-bond acceptors (Lipinski definition) is 3. The Balaban J connectivity index is 2.04. The van der Waals surface area contributed by atoms with Crippen molar-refractivity contribution in [3.63, 3.8) is 0 Å². The maximum atomic E-state index is 9.72. The van der Waals surface area contributed by atoms with Crippen molar-refractivity contribution in [3.8, 4) is 6.07 Å². The predicted octanol–water partition coefficient (Wildman–Crippen LogP) is 6.34. The fourth-order valence-electron chi connectivity index (χ4n) is 3.08. The first kappa shape index (κ1) is 16.7. The van der Waals surface area contributed by atoms with Crippen LogP contribution in [0.25, 0.3) is 0 Å². The Hall–Kier alpha value is -1.69. The van der Waals surface area contributed by atoms with Crippen molar-refractivity contribution >= 4 is 5.69 Å². The van der Waals surface area contributed by atoms with E-state index in [1.807, 2.05) is 30.3 Å². The molecule has 0 amide bonds. The lowest BCUT2D eigenvalue weighted by molar-refractivity contribution is 0.393. The summed E-state index contributed by atoms with van der Waals surface area (Å²) in [6, 6.07) is 12.2. The lowest BCUT2D eigenvalue weighted by Gasteiger charge is -2.21. The molecule has 0 N–H and O–H groups in total. The van der Waals surface area contributed by atoms with Gasteiger partial charge in [0.25, 0.3) is 0 Å². The topological polar surface area (TPSA) is 48.5 Å². The average Bonchev–Trinajstić information content (AvgIpc) is 2.56. The van der Waals surface area contributed by atoms with E-state index in [0.717, 1.165) is 31.4 Å². The minimum atomic E-state index is -0.616. The van der Waals surface area contributed by atoms with Crippen molar-refractivity contribution in [1.82, 2.24) is 0 Å². The van der Waals surface area contributed by atoms with Crippen molar-refractivity contribution in [2.75, 3.05) is 0 Å². The number of azo groups is 1. The molecular formula is C19H27N3. The molecule has 0 aliphatic heterocycles. The highest BCUT2D eigenvalue weighted by Gasteiger charge is 2.29. The second-order valence-electron chi connectivity index (χ2n) is 6.36. The normalized spacial score (nSPS) is 20.7. The highest BCUT2D eigenvalue weighted by Crippen LogP contribution is 2.29. The monoisotopic (exact) mass is 297 g/mol. The van der Waals surface area contributed by atoms with Gasteiger partial charge in [0.05, 0.1) is 11.8 Å². The zero-order valence-electron chi connectivity index (χ0n) is 13.5. The van der Waals surface area contributed by atoms with E-state index in [4.69, 9.17) is 0 Å². The lowest BCUT2D eigenvalue weighted by Crippen LogP contribution is -2.24. The molecule has 0 heterocycles. The summed E-state index contributed by atoms with van der Waals surface area (Å²) in [5.41, 5.74) is 0.220. The SMILES string of the molecule is N#CC1(/N=N/c2ccccc2)CCCCCCCCCCC1. The zero-order valence-corrected chi connectivity index (χ0v) is 13.5. The van der Waals surface area contributed by atoms with Gasteiger partial charge in [0.2, 0.25) is 0 Å². The van der Waals surface area contributed by atoms with Crippen LogP contribution in [-0.4, -0.2) is 5.54 Å². The van der Waals surface area contributed by atoms with E-state index in [1.54, 1.807) is 0 Å². The van der Waals surface area contributed by atoms with Gasteiger partial charge < -0.3 is 0 Å². The van der Waals surface area contributed by atoms with Crippen LogP contribution in [0.5, 0.6) is 0 Å². The molecule has 3 nitrogen and oxygen atoms in total. The zero-order chi connectivity index (χ0) is 15.5. The van der Waals surface area contributed by atoms with Gasteiger partial charge in [-0.25, -0.2) is 0 Å². The Bertz CT molecular complexity index is 475. The number of rotatable bonds is 2. The molecule has 0 radical (unpaired) electrons. The van der Waals surface area contributed by atoms with Crippen LogP contribution in [0.1, 0.15) is 70.6 Å². The van der Waals surface area contributed by atoms with Crippen LogP contribution in [0.15, 0.2) is 40.6 Å². The van der Waals surface area contributed by atoms with Crippen LogP contribution >= 0.6 is 0 Å². The van der Waals surface area contributed by atoms with Crippen molar-refractivity contribution < 1.29 is 0 Å². The van der Waals surface area contributed by atoms with E-state index >= 15 is 0 Å². The van der Waals surface area contributed by atoms with Crippen molar-refractivity contribution in [3.05, 3.63) is 30.3 Å². The molecule has 1 aromatic carbocycles. The first-order valence-corrected chi connectivity index (χ1v) is 8.74. The summed E-state index contributed by atoms with van der Waals surface area (Å²) in [4.78, 5) is 0. The van der Waals surface area contributed by atoms with Crippen LogP contribution in [0.3, 0.4) is 0 Å². The first-order chi connectivity index (χ1) is 10.8. The molecule has 0 aromatic heterocycles. The van der Waals surface area contributed by atoms with E-state index in [0.29, 0.717) is 0 Å². The molecule has 1 saturated carbocycles. The summed E-state index contributed by atoms with van der Waals surface area (Å²) in [6.07, 6.45) is 12.9. The second-order valence-corrected chi connectivity index (χ2v) is 6.36. The number of hydrogen-bond donors (Lipinski definition) is 0. The third-order valence-corrected chi connectivity index (χ3v) is 4.50. The number of nitrogens with zero attached hydrogens (tertiary/aromatic N) is 3. The molecule has 118 valence electrons. The van der Waals surface area contributed by atoms with Crippen LogP contribution in [0, 0.1) is 11.3 Å². The number of nitriles is 1. The van der Waals surface area contributed by atoms with E-state index in [2.05, 4.69) is 16.3 Å². The van der Waals surface area contributed by atoms with Crippen molar-refractivity contribution in [2.24, 2.45) is 10.2 Å². The van der Waals surface area contributed by atoms with Gasteiger partial charge in [0.15, 0.2) is 5.54 Å². The van der Waals surface area contributed by atoms with Gasteiger partial charge in [-0.1, -0.05) is 63.1 Å². The molecule has 0 spiro atoms. The smallest absolute Gasteiger partial charge is 0.167 e. The molecule has 1 aromatic rings. The van der Waals surface area contributed by atoms with Gasteiger partial charge in [0, 0.05) is 0 Å². The summed E-state index contributed by atoms with van der Waals surface area (Å²) in [7, 11) is 0. The maximum Gasteiger partial charge on any atom is 0.167 e. The van der Waals surface area contributed by atoms with Gasteiger partial charge in [-0.3, -0.25) is 0 Å². The van der Waals surface area contributed by atoms with Crippen LogP contribution in [0.4, 0.5) is 5.69 Å². The van der Waals surface area contributed by atoms with Gasteiger partial charge in [-0.15, -0.1) is 0 Å². The van der Waals surface area contributed by atoms with Gasteiger partial charge in [0.1, 0.15) is 0 Å². The molecule has 0 bridgehead atoms.